The van der Waals surface area contributed by atoms with Crippen LogP contribution in [0.2, 0.25) is 0 Å². The first-order valence-corrected chi connectivity index (χ1v) is 6.22. The summed E-state index contributed by atoms with van der Waals surface area (Å²) in [4.78, 5) is 7.62. The fourth-order valence-electron chi connectivity index (χ4n) is 2.66. The van der Waals surface area contributed by atoms with Crippen molar-refractivity contribution < 1.29 is 0 Å². The minimum atomic E-state index is 0.730. The van der Waals surface area contributed by atoms with Gasteiger partial charge in [0.2, 0.25) is 0 Å². The lowest BCUT2D eigenvalue weighted by Gasteiger charge is -2.46. The van der Waals surface area contributed by atoms with Crippen LogP contribution < -0.4 is 0 Å². The highest BCUT2D eigenvalue weighted by molar-refractivity contribution is 4.94. The van der Waals surface area contributed by atoms with E-state index < -0.39 is 0 Å². The zero-order valence-corrected chi connectivity index (χ0v) is 10.6. The average Bonchev–Trinajstić information content (AvgIpc) is 2.49. The van der Waals surface area contributed by atoms with E-state index in [1.165, 1.54) is 32.6 Å². The minimum absolute atomic E-state index is 0.730. The number of rotatable bonds is 3. The van der Waals surface area contributed by atoms with Crippen LogP contribution in [0, 0.1) is 0 Å². The van der Waals surface area contributed by atoms with Crippen molar-refractivity contribution in [1.82, 2.24) is 14.7 Å². The van der Waals surface area contributed by atoms with Crippen LogP contribution in [0.4, 0.5) is 0 Å². The monoisotopic (exact) mass is 211 g/mol. The first-order chi connectivity index (χ1) is 7.08. The zero-order chi connectivity index (χ0) is 11.0. The largest absolute Gasteiger partial charge is 0.305 e. The van der Waals surface area contributed by atoms with E-state index >= 15 is 0 Å². The van der Waals surface area contributed by atoms with Crippen molar-refractivity contribution >= 4 is 0 Å². The van der Waals surface area contributed by atoms with Gasteiger partial charge in [-0.3, -0.25) is 9.80 Å². The van der Waals surface area contributed by atoms with E-state index in [1.807, 2.05) is 0 Å². The van der Waals surface area contributed by atoms with E-state index in [4.69, 9.17) is 0 Å². The zero-order valence-electron chi connectivity index (χ0n) is 10.6. The molecule has 0 saturated carbocycles. The molecule has 1 atom stereocenters. The molecule has 3 nitrogen and oxygen atoms in total. The van der Waals surface area contributed by atoms with Gasteiger partial charge >= 0.3 is 0 Å². The van der Waals surface area contributed by atoms with Crippen molar-refractivity contribution in [2.24, 2.45) is 0 Å². The Morgan fingerprint density at radius 1 is 1.13 bits per heavy atom. The normalized spacial score (nSPS) is 30.4. The molecule has 0 aliphatic carbocycles. The third-order valence-corrected chi connectivity index (χ3v) is 4.06. The Hall–Kier alpha value is -0.120. The van der Waals surface area contributed by atoms with E-state index in [2.05, 4.69) is 42.6 Å². The number of hydrogen-bond donors (Lipinski definition) is 0. The summed E-state index contributed by atoms with van der Waals surface area (Å²) in [5.41, 5.74) is 0. The van der Waals surface area contributed by atoms with E-state index in [9.17, 15) is 0 Å². The van der Waals surface area contributed by atoms with Gasteiger partial charge in [-0.15, -0.1) is 0 Å². The lowest BCUT2D eigenvalue weighted by Crippen LogP contribution is -2.60. The first-order valence-electron chi connectivity index (χ1n) is 6.22. The highest BCUT2D eigenvalue weighted by atomic mass is 15.3. The summed E-state index contributed by atoms with van der Waals surface area (Å²) in [5, 5.41) is 0. The van der Waals surface area contributed by atoms with Gasteiger partial charge in [-0.1, -0.05) is 0 Å². The third kappa shape index (κ3) is 2.35. The van der Waals surface area contributed by atoms with Crippen LogP contribution in [0.1, 0.15) is 20.3 Å². The quantitative estimate of drug-likeness (QED) is 0.681. The molecule has 2 rings (SSSR count). The topological polar surface area (TPSA) is 9.72 Å². The average molecular weight is 211 g/mol. The van der Waals surface area contributed by atoms with E-state index in [0.717, 1.165) is 18.1 Å². The van der Waals surface area contributed by atoms with Gasteiger partial charge in [-0.25, -0.2) is 0 Å². The van der Waals surface area contributed by atoms with Gasteiger partial charge < -0.3 is 4.90 Å². The smallest absolute Gasteiger partial charge is 0.0351 e. The van der Waals surface area contributed by atoms with Crippen molar-refractivity contribution in [3.8, 4) is 0 Å². The fourth-order valence-corrected chi connectivity index (χ4v) is 2.66. The molecule has 0 unspecified atom stereocenters. The molecule has 0 N–H and O–H groups in total. The van der Waals surface area contributed by atoms with Gasteiger partial charge in [0.1, 0.15) is 0 Å². The predicted octanol–water partition coefficient (Wildman–Crippen LogP) is 0.715. The lowest BCUT2D eigenvalue weighted by molar-refractivity contribution is 0.0232. The molecule has 0 aromatic carbocycles. The number of likely N-dealkylation sites (tertiary alicyclic amines) is 2. The summed E-state index contributed by atoms with van der Waals surface area (Å²) < 4.78 is 0. The molecule has 0 spiro atoms. The lowest BCUT2D eigenvalue weighted by atomic mass is 10.1. The third-order valence-electron chi connectivity index (χ3n) is 4.06. The van der Waals surface area contributed by atoms with Gasteiger partial charge in [0.25, 0.3) is 0 Å². The summed E-state index contributed by atoms with van der Waals surface area (Å²) in [5.74, 6) is 0. The van der Waals surface area contributed by atoms with Crippen molar-refractivity contribution in [2.45, 2.75) is 38.4 Å². The molecule has 0 aromatic rings. The fraction of sp³-hybridized carbons (Fsp3) is 1.00. The summed E-state index contributed by atoms with van der Waals surface area (Å²) in [6.45, 7) is 9.75. The Morgan fingerprint density at radius 3 is 2.27 bits per heavy atom. The van der Waals surface area contributed by atoms with Crippen molar-refractivity contribution in [3.63, 3.8) is 0 Å². The van der Waals surface area contributed by atoms with E-state index in [0.29, 0.717) is 0 Å². The molecule has 15 heavy (non-hydrogen) atoms. The molecule has 0 radical (unpaired) electrons. The highest BCUT2D eigenvalue weighted by Crippen LogP contribution is 2.23. The second-order valence-electron chi connectivity index (χ2n) is 5.60. The van der Waals surface area contributed by atoms with Crippen LogP contribution in [0.5, 0.6) is 0 Å². The van der Waals surface area contributed by atoms with Crippen molar-refractivity contribution in [1.29, 1.82) is 0 Å². The summed E-state index contributed by atoms with van der Waals surface area (Å²) in [7, 11) is 4.41. The Morgan fingerprint density at radius 2 is 1.80 bits per heavy atom. The molecule has 3 heteroatoms. The Labute approximate surface area is 94.0 Å². The minimum Gasteiger partial charge on any atom is -0.305 e. The van der Waals surface area contributed by atoms with Gasteiger partial charge in [0.15, 0.2) is 0 Å². The summed E-state index contributed by atoms with van der Waals surface area (Å²) >= 11 is 0. The van der Waals surface area contributed by atoms with E-state index in [1.54, 1.807) is 0 Å². The number of likely N-dealkylation sites (N-methyl/N-ethyl adjacent to an activating group) is 1. The molecule has 2 aliphatic heterocycles. The molecule has 2 fully saturated rings. The van der Waals surface area contributed by atoms with Crippen LogP contribution in [0.15, 0.2) is 0 Å². The van der Waals surface area contributed by atoms with Crippen LogP contribution >= 0.6 is 0 Å². The number of hydrogen-bond acceptors (Lipinski definition) is 3. The molecule has 0 aromatic heterocycles. The van der Waals surface area contributed by atoms with Crippen LogP contribution in [0.25, 0.3) is 0 Å². The summed E-state index contributed by atoms with van der Waals surface area (Å²) in [6.07, 6.45) is 1.35. The van der Waals surface area contributed by atoms with Gasteiger partial charge in [-0.2, -0.15) is 0 Å². The SMILES string of the molecule is CC(C)N1CC(N2CC[C@@H](N(C)C)C2)C1. The Balaban J connectivity index is 1.74. The first kappa shape index (κ1) is 11.4. The molecular weight excluding hydrogens is 186 g/mol. The Bertz CT molecular complexity index is 209. The number of nitrogens with zero attached hydrogens (tertiary/aromatic N) is 3. The molecule has 2 aliphatic rings. The maximum Gasteiger partial charge on any atom is 0.0351 e. The maximum absolute atomic E-state index is 2.68. The molecule has 2 heterocycles. The standard InChI is InChI=1S/C12H25N3/c1-10(2)15-8-12(9-15)14-6-5-11(7-14)13(3)4/h10-12H,5-9H2,1-4H3/t11-/m1/s1. The van der Waals surface area contributed by atoms with Crippen LogP contribution in [0.3, 0.4) is 0 Å². The molecule has 0 bridgehead atoms. The van der Waals surface area contributed by atoms with Crippen molar-refractivity contribution in [3.05, 3.63) is 0 Å². The second kappa shape index (κ2) is 4.40. The van der Waals surface area contributed by atoms with Gasteiger partial charge in [-0.05, 0) is 34.4 Å². The molecular formula is C12H25N3. The van der Waals surface area contributed by atoms with Gasteiger partial charge in [0, 0.05) is 44.3 Å². The maximum atomic E-state index is 2.68. The second-order valence-corrected chi connectivity index (χ2v) is 5.60. The van der Waals surface area contributed by atoms with Crippen molar-refractivity contribution in [2.75, 3.05) is 40.3 Å². The van der Waals surface area contributed by atoms with Crippen LogP contribution in [-0.2, 0) is 0 Å². The predicted molar refractivity (Wildman–Crippen MR) is 64.2 cm³/mol. The summed E-state index contributed by atoms with van der Waals surface area (Å²) in [6, 6.07) is 2.36. The van der Waals surface area contributed by atoms with Gasteiger partial charge in [0.05, 0.1) is 0 Å². The highest BCUT2D eigenvalue weighted by Gasteiger charge is 2.36. The molecule has 2 saturated heterocycles. The molecule has 0 amide bonds. The molecule has 88 valence electrons. The van der Waals surface area contributed by atoms with E-state index in [-0.39, 0.29) is 0 Å². The van der Waals surface area contributed by atoms with Crippen LogP contribution in [-0.4, -0.2) is 73.1 Å². The Kier molecular flexibility index (Phi) is 3.33.